The van der Waals surface area contributed by atoms with Gasteiger partial charge in [0.15, 0.2) is 5.76 Å². The van der Waals surface area contributed by atoms with E-state index >= 15 is 0 Å². The van der Waals surface area contributed by atoms with E-state index in [4.69, 9.17) is 16.0 Å². The number of nitrogens with zero attached hydrogens (tertiary/aromatic N) is 3. The van der Waals surface area contributed by atoms with Crippen LogP contribution in [0.1, 0.15) is 5.89 Å². The van der Waals surface area contributed by atoms with E-state index in [9.17, 15) is 0 Å². The number of nitrogens with one attached hydrogen (secondary N) is 1. The third kappa shape index (κ3) is 3.41. The van der Waals surface area contributed by atoms with Gasteiger partial charge in [-0.05, 0) is 42.5 Å². The number of benzene rings is 2. The van der Waals surface area contributed by atoms with E-state index in [1.807, 2.05) is 65.5 Å². The summed E-state index contributed by atoms with van der Waals surface area (Å²) in [6.45, 7) is 0.478. The van der Waals surface area contributed by atoms with Crippen molar-refractivity contribution >= 4 is 17.3 Å². The Morgan fingerprint density at radius 1 is 1.04 bits per heavy atom. The van der Waals surface area contributed by atoms with Crippen molar-refractivity contribution in [3.63, 3.8) is 0 Å². The monoisotopic (exact) mass is 350 g/mol. The molecule has 0 unspecified atom stereocenters. The van der Waals surface area contributed by atoms with Crippen molar-refractivity contribution in [2.45, 2.75) is 6.54 Å². The lowest BCUT2D eigenvalue weighted by molar-refractivity contribution is 0.516. The molecule has 0 aliphatic carbocycles. The van der Waals surface area contributed by atoms with E-state index in [0.717, 1.165) is 16.9 Å². The maximum Gasteiger partial charge on any atom is 0.214 e. The molecule has 0 aliphatic rings. The summed E-state index contributed by atoms with van der Waals surface area (Å²) in [5.74, 6) is 1.33. The average molecular weight is 351 g/mol. The highest BCUT2D eigenvalue weighted by Gasteiger charge is 2.08. The van der Waals surface area contributed by atoms with Crippen LogP contribution in [0.3, 0.4) is 0 Å². The second-order valence-electron chi connectivity index (χ2n) is 5.45. The SMILES string of the molecule is Clc1ccc(-c2cnc(CNc3ccccc3-n3cccn3)o2)cc1. The normalized spacial score (nSPS) is 10.8. The van der Waals surface area contributed by atoms with Crippen molar-refractivity contribution in [3.05, 3.63) is 84.1 Å². The van der Waals surface area contributed by atoms with Gasteiger partial charge in [-0.1, -0.05) is 23.7 Å². The number of anilines is 1. The van der Waals surface area contributed by atoms with Gasteiger partial charge in [0.05, 0.1) is 24.1 Å². The van der Waals surface area contributed by atoms with E-state index in [1.54, 1.807) is 12.4 Å². The number of rotatable bonds is 5. The fourth-order valence-corrected chi connectivity index (χ4v) is 2.67. The van der Waals surface area contributed by atoms with Crippen LogP contribution in [0.4, 0.5) is 5.69 Å². The van der Waals surface area contributed by atoms with Crippen molar-refractivity contribution in [1.82, 2.24) is 14.8 Å². The highest BCUT2D eigenvalue weighted by atomic mass is 35.5. The molecule has 5 nitrogen and oxygen atoms in total. The molecule has 0 radical (unpaired) electrons. The van der Waals surface area contributed by atoms with Crippen LogP contribution in [-0.2, 0) is 6.54 Å². The third-order valence-corrected chi connectivity index (χ3v) is 4.02. The Bertz CT molecular complexity index is 961. The molecular formula is C19H15ClN4O. The highest BCUT2D eigenvalue weighted by Crippen LogP contribution is 2.24. The van der Waals surface area contributed by atoms with Crippen LogP contribution in [-0.4, -0.2) is 14.8 Å². The van der Waals surface area contributed by atoms with Crippen molar-refractivity contribution in [3.8, 4) is 17.0 Å². The van der Waals surface area contributed by atoms with Gasteiger partial charge in [0, 0.05) is 23.0 Å². The van der Waals surface area contributed by atoms with Crippen molar-refractivity contribution in [2.24, 2.45) is 0 Å². The minimum atomic E-state index is 0.478. The van der Waals surface area contributed by atoms with E-state index in [0.29, 0.717) is 23.2 Å². The largest absolute Gasteiger partial charge is 0.439 e. The molecule has 0 spiro atoms. The van der Waals surface area contributed by atoms with Crippen molar-refractivity contribution < 1.29 is 4.42 Å². The molecule has 0 amide bonds. The number of hydrogen-bond acceptors (Lipinski definition) is 4. The molecule has 2 heterocycles. The number of oxazole rings is 1. The second kappa shape index (κ2) is 6.83. The van der Waals surface area contributed by atoms with E-state index in [1.165, 1.54) is 0 Å². The van der Waals surface area contributed by atoms with Gasteiger partial charge in [0.25, 0.3) is 0 Å². The van der Waals surface area contributed by atoms with Crippen LogP contribution in [0.2, 0.25) is 5.02 Å². The molecular weight excluding hydrogens is 336 g/mol. The van der Waals surface area contributed by atoms with Crippen molar-refractivity contribution in [2.75, 3.05) is 5.32 Å². The molecule has 4 rings (SSSR count). The first-order valence-corrected chi connectivity index (χ1v) is 8.21. The number of halogens is 1. The van der Waals surface area contributed by atoms with Crippen LogP contribution in [0.5, 0.6) is 0 Å². The average Bonchev–Trinajstić information content (AvgIpc) is 3.33. The molecule has 0 bridgehead atoms. The lowest BCUT2D eigenvalue weighted by Crippen LogP contribution is -2.04. The van der Waals surface area contributed by atoms with Gasteiger partial charge in [-0.15, -0.1) is 0 Å². The van der Waals surface area contributed by atoms with Gasteiger partial charge >= 0.3 is 0 Å². The van der Waals surface area contributed by atoms with E-state index in [2.05, 4.69) is 15.4 Å². The molecule has 0 saturated heterocycles. The summed E-state index contributed by atoms with van der Waals surface area (Å²) in [7, 11) is 0. The molecule has 0 fully saturated rings. The van der Waals surface area contributed by atoms with Crippen LogP contribution in [0.15, 0.2) is 77.6 Å². The summed E-state index contributed by atoms with van der Waals surface area (Å²) in [5.41, 5.74) is 2.87. The third-order valence-electron chi connectivity index (χ3n) is 3.77. The zero-order chi connectivity index (χ0) is 17.1. The predicted octanol–water partition coefficient (Wildman–Crippen LogP) is 4.79. The minimum absolute atomic E-state index is 0.478. The molecule has 0 aliphatic heterocycles. The molecule has 4 aromatic rings. The van der Waals surface area contributed by atoms with E-state index in [-0.39, 0.29) is 0 Å². The molecule has 1 N–H and O–H groups in total. The zero-order valence-corrected chi connectivity index (χ0v) is 14.0. The molecule has 124 valence electrons. The number of para-hydroxylation sites is 2. The molecule has 6 heteroatoms. The first kappa shape index (κ1) is 15.5. The van der Waals surface area contributed by atoms with Crippen LogP contribution in [0.25, 0.3) is 17.0 Å². The number of aromatic nitrogens is 3. The van der Waals surface area contributed by atoms with Crippen LogP contribution in [0, 0.1) is 0 Å². The standard InChI is InChI=1S/C19H15ClN4O/c20-15-8-6-14(7-9-15)18-12-22-19(25-18)13-21-16-4-1-2-5-17(16)24-11-3-10-23-24/h1-12,21H,13H2. The van der Waals surface area contributed by atoms with Crippen LogP contribution < -0.4 is 5.32 Å². The summed E-state index contributed by atoms with van der Waals surface area (Å²) in [6, 6.07) is 17.3. The Morgan fingerprint density at radius 3 is 2.68 bits per heavy atom. The maximum atomic E-state index is 5.92. The molecule has 25 heavy (non-hydrogen) atoms. The Kier molecular flexibility index (Phi) is 4.23. The maximum absolute atomic E-state index is 5.92. The Balaban J connectivity index is 1.50. The number of hydrogen-bond donors (Lipinski definition) is 1. The Morgan fingerprint density at radius 2 is 1.88 bits per heavy atom. The fraction of sp³-hybridized carbons (Fsp3) is 0.0526. The smallest absolute Gasteiger partial charge is 0.214 e. The van der Waals surface area contributed by atoms with Gasteiger partial charge in [0.2, 0.25) is 5.89 Å². The zero-order valence-electron chi connectivity index (χ0n) is 13.3. The summed E-state index contributed by atoms with van der Waals surface area (Å²) in [5, 5.41) is 8.33. The second-order valence-corrected chi connectivity index (χ2v) is 5.88. The summed E-state index contributed by atoms with van der Waals surface area (Å²) >= 11 is 5.92. The van der Waals surface area contributed by atoms with Gasteiger partial charge in [-0.3, -0.25) is 0 Å². The van der Waals surface area contributed by atoms with Crippen molar-refractivity contribution in [1.29, 1.82) is 0 Å². The lowest BCUT2D eigenvalue weighted by atomic mass is 10.2. The first-order chi connectivity index (χ1) is 12.3. The summed E-state index contributed by atoms with van der Waals surface area (Å²) in [4.78, 5) is 4.34. The Hall–Kier alpha value is -3.05. The summed E-state index contributed by atoms with van der Waals surface area (Å²) < 4.78 is 7.64. The molecule has 2 aromatic heterocycles. The fourth-order valence-electron chi connectivity index (χ4n) is 2.54. The molecule has 0 atom stereocenters. The van der Waals surface area contributed by atoms with Gasteiger partial charge in [0.1, 0.15) is 0 Å². The van der Waals surface area contributed by atoms with Crippen LogP contribution >= 0.6 is 11.6 Å². The summed E-state index contributed by atoms with van der Waals surface area (Å²) in [6.07, 6.45) is 5.38. The van der Waals surface area contributed by atoms with Gasteiger partial charge in [-0.25, -0.2) is 9.67 Å². The first-order valence-electron chi connectivity index (χ1n) is 7.83. The van der Waals surface area contributed by atoms with Gasteiger partial charge in [-0.2, -0.15) is 5.10 Å². The highest BCUT2D eigenvalue weighted by molar-refractivity contribution is 6.30. The Labute approximate surface area is 149 Å². The minimum Gasteiger partial charge on any atom is -0.439 e. The quantitative estimate of drug-likeness (QED) is 0.562. The van der Waals surface area contributed by atoms with Gasteiger partial charge < -0.3 is 9.73 Å². The molecule has 0 saturated carbocycles. The lowest BCUT2D eigenvalue weighted by Gasteiger charge is -2.10. The van der Waals surface area contributed by atoms with E-state index < -0.39 is 0 Å². The molecule has 2 aromatic carbocycles. The topological polar surface area (TPSA) is 55.9 Å². The predicted molar refractivity (Wildman–Crippen MR) is 97.8 cm³/mol.